The van der Waals surface area contributed by atoms with Crippen LogP contribution < -0.4 is 15.4 Å². The van der Waals surface area contributed by atoms with Crippen LogP contribution in [-0.4, -0.2) is 29.9 Å². The van der Waals surface area contributed by atoms with Gasteiger partial charge in [-0.15, -0.1) is 0 Å². The molecule has 2 aromatic rings. The van der Waals surface area contributed by atoms with Gasteiger partial charge in [0.25, 0.3) is 0 Å². The number of rotatable bonds is 5. The molecule has 0 spiro atoms. The molecule has 1 saturated carbocycles. The van der Waals surface area contributed by atoms with Crippen LogP contribution >= 0.6 is 11.6 Å². The largest absolute Gasteiger partial charge is 0.496 e. The van der Waals surface area contributed by atoms with Gasteiger partial charge in [-0.3, -0.25) is 9.59 Å². The Morgan fingerprint density at radius 3 is 2.76 bits per heavy atom. The van der Waals surface area contributed by atoms with Gasteiger partial charge in [0.2, 0.25) is 11.8 Å². The van der Waals surface area contributed by atoms with Crippen molar-refractivity contribution < 1.29 is 18.7 Å². The van der Waals surface area contributed by atoms with Crippen LogP contribution in [0.2, 0.25) is 5.02 Å². The summed E-state index contributed by atoms with van der Waals surface area (Å²) in [5, 5.41) is 6.08. The Morgan fingerprint density at radius 2 is 2.03 bits per heavy atom. The number of nitrogens with one attached hydrogen (secondary N) is 2. The highest BCUT2D eigenvalue weighted by atomic mass is 35.5. The number of pyridine rings is 1. The van der Waals surface area contributed by atoms with Crippen molar-refractivity contribution in [2.24, 2.45) is 5.92 Å². The third-order valence-corrected chi connectivity index (χ3v) is 5.31. The number of aromatic nitrogens is 1. The molecule has 1 aromatic carbocycles. The number of methoxy groups -OCH3 is 1. The number of amides is 2. The van der Waals surface area contributed by atoms with Crippen molar-refractivity contribution in [2.75, 3.05) is 12.4 Å². The molecule has 8 heteroatoms. The Morgan fingerprint density at radius 1 is 1.24 bits per heavy atom. The number of carbonyl (C=O) groups excluding carboxylic acids is 2. The molecule has 0 bridgehead atoms. The molecular formula is C21H23ClFN3O3. The molecule has 1 aliphatic carbocycles. The van der Waals surface area contributed by atoms with E-state index in [0.717, 1.165) is 19.3 Å². The van der Waals surface area contributed by atoms with Crippen LogP contribution in [0.15, 0.2) is 30.5 Å². The van der Waals surface area contributed by atoms with Crippen LogP contribution in [0.5, 0.6) is 5.75 Å². The van der Waals surface area contributed by atoms with E-state index in [1.165, 1.54) is 32.4 Å². The van der Waals surface area contributed by atoms with Crippen LogP contribution in [-0.2, 0) is 9.59 Å². The summed E-state index contributed by atoms with van der Waals surface area (Å²) in [5.41, 5.74) is 1.17. The molecule has 29 heavy (non-hydrogen) atoms. The normalized spacial score (nSPS) is 18.8. The van der Waals surface area contributed by atoms with Gasteiger partial charge in [-0.25, -0.2) is 9.37 Å². The summed E-state index contributed by atoms with van der Waals surface area (Å²) < 4.78 is 18.8. The van der Waals surface area contributed by atoms with Gasteiger partial charge in [-0.2, -0.15) is 0 Å². The van der Waals surface area contributed by atoms with Crippen molar-refractivity contribution in [3.05, 3.63) is 41.3 Å². The second-order valence-electron chi connectivity index (χ2n) is 7.14. The molecule has 154 valence electrons. The lowest BCUT2D eigenvalue weighted by Gasteiger charge is -2.28. The third-order valence-electron chi connectivity index (χ3n) is 5.01. The monoisotopic (exact) mass is 419 g/mol. The van der Waals surface area contributed by atoms with E-state index >= 15 is 0 Å². The molecule has 0 saturated heterocycles. The van der Waals surface area contributed by atoms with Crippen LogP contribution in [0.1, 0.15) is 32.6 Å². The summed E-state index contributed by atoms with van der Waals surface area (Å²) in [7, 11) is 1.45. The van der Waals surface area contributed by atoms with E-state index in [-0.39, 0.29) is 23.8 Å². The molecule has 2 amide bonds. The molecule has 3 rings (SSSR count). The van der Waals surface area contributed by atoms with E-state index in [4.69, 9.17) is 16.3 Å². The smallest absolute Gasteiger partial charge is 0.228 e. The molecule has 0 unspecified atom stereocenters. The third kappa shape index (κ3) is 5.23. The van der Waals surface area contributed by atoms with Gasteiger partial charge in [0.1, 0.15) is 17.4 Å². The molecule has 0 radical (unpaired) electrons. The Labute approximate surface area is 173 Å². The van der Waals surface area contributed by atoms with E-state index in [9.17, 15) is 14.0 Å². The van der Waals surface area contributed by atoms with E-state index in [2.05, 4.69) is 15.6 Å². The number of carbonyl (C=O) groups is 2. The topological polar surface area (TPSA) is 80.3 Å². The predicted molar refractivity (Wildman–Crippen MR) is 109 cm³/mol. The minimum atomic E-state index is -0.421. The zero-order valence-electron chi connectivity index (χ0n) is 16.3. The van der Waals surface area contributed by atoms with E-state index in [1.807, 2.05) is 0 Å². The summed E-state index contributed by atoms with van der Waals surface area (Å²) in [5.74, 6) is -0.180. The fourth-order valence-electron chi connectivity index (χ4n) is 3.68. The molecular weight excluding hydrogens is 397 g/mol. The van der Waals surface area contributed by atoms with Crippen molar-refractivity contribution in [1.29, 1.82) is 0 Å². The number of anilines is 1. The number of hydrogen-bond donors (Lipinski definition) is 2. The summed E-state index contributed by atoms with van der Waals surface area (Å²) in [4.78, 5) is 28.2. The zero-order valence-corrected chi connectivity index (χ0v) is 17.1. The number of hydrogen-bond acceptors (Lipinski definition) is 4. The van der Waals surface area contributed by atoms with Gasteiger partial charge >= 0.3 is 0 Å². The van der Waals surface area contributed by atoms with Crippen molar-refractivity contribution >= 4 is 29.2 Å². The Kier molecular flexibility index (Phi) is 6.69. The fraction of sp³-hybridized carbons (Fsp3) is 0.381. The van der Waals surface area contributed by atoms with Crippen molar-refractivity contribution in [3.63, 3.8) is 0 Å². The van der Waals surface area contributed by atoms with Crippen molar-refractivity contribution in [2.45, 2.75) is 38.6 Å². The summed E-state index contributed by atoms with van der Waals surface area (Å²) >= 11 is 6.29. The van der Waals surface area contributed by atoms with Crippen molar-refractivity contribution in [1.82, 2.24) is 10.3 Å². The maximum Gasteiger partial charge on any atom is 0.228 e. The number of ether oxygens (including phenoxy) is 1. The van der Waals surface area contributed by atoms with Gasteiger partial charge in [0.05, 0.1) is 12.1 Å². The van der Waals surface area contributed by atoms with E-state index < -0.39 is 5.82 Å². The van der Waals surface area contributed by atoms with Crippen LogP contribution in [0.25, 0.3) is 11.1 Å². The minimum Gasteiger partial charge on any atom is -0.496 e. The fourth-order valence-corrected chi connectivity index (χ4v) is 3.88. The first-order chi connectivity index (χ1) is 13.9. The van der Waals surface area contributed by atoms with Gasteiger partial charge in [0.15, 0.2) is 0 Å². The maximum absolute atomic E-state index is 13.5. The second kappa shape index (κ2) is 9.22. The van der Waals surface area contributed by atoms with Gasteiger partial charge in [-0.1, -0.05) is 18.0 Å². The van der Waals surface area contributed by atoms with Crippen LogP contribution in [0, 0.1) is 11.7 Å². The molecule has 1 fully saturated rings. The first-order valence-corrected chi connectivity index (χ1v) is 9.82. The summed E-state index contributed by atoms with van der Waals surface area (Å²) in [6.45, 7) is 1.48. The lowest BCUT2D eigenvalue weighted by molar-refractivity contribution is -0.123. The lowest BCUT2D eigenvalue weighted by atomic mass is 9.85. The number of halogens is 2. The summed E-state index contributed by atoms with van der Waals surface area (Å²) in [6.07, 6.45) is 4.54. The zero-order chi connectivity index (χ0) is 21.0. The first kappa shape index (κ1) is 21.0. The molecule has 1 aliphatic rings. The maximum atomic E-state index is 13.5. The van der Waals surface area contributed by atoms with Crippen LogP contribution in [0.3, 0.4) is 0 Å². The Bertz CT molecular complexity index is 922. The first-order valence-electron chi connectivity index (χ1n) is 9.44. The average molecular weight is 420 g/mol. The van der Waals surface area contributed by atoms with Gasteiger partial charge in [0, 0.05) is 42.3 Å². The average Bonchev–Trinajstić information content (AvgIpc) is 2.69. The quantitative estimate of drug-likeness (QED) is 0.761. The highest BCUT2D eigenvalue weighted by Gasteiger charge is 2.28. The minimum absolute atomic E-state index is 0.00853. The number of benzene rings is 1. The molecule has 1 aromatic heterocycles. The highest BCUT2D eigenvalue weighted by Crippen LogP contribution is 2.36. The van der Waals surface area contributed by atoms with Crippen molar-refractivity contribution in [3.8, 4) is 16.9 Å². The molecule has 1 heterocycles. The SMILES string of the molecule is COc1cc(F)ccc1-c1cc(NC(=O)[C@H]2CCC[C@@H](NC(C)=O)C2)ncc1Cl. The summed E-state index contributed by atoms with van der Waals surface area (Å²) in [6, 6.07) is 5.81. The Hall–Kier alpha value is -2.67. The van der Waals surface area contributed by atoms with E-state index in [0.29, 0.717) is 34.1 Å². The molecule has 2 atom stereocenters. The molecule has 2 N–H and O–H groups in total. The molecule has 6 nitrogen and oxygen atoms in total. The molecule has 0 aliphatic heterocycles. The Balaban J connectivity index is 1.78. The van der Waals surface area contributed by atoms with Gasteiger partial charge < -0.3 is 15.4 Å². The standard InChI is InChI=1S/C21H23ClFN3O3/c1-12(27)25-15-5-3-4-13(8-15)21(28)26-20-10-17(18(22)11-24-20)16-7-6-14(23)9-19(16)29-2/h6-7,9-11,13,15H,3-5,8H2,1-2H3,(H,25,27)(H,24,26,28)/t13-,15+/m0/s1. The van der Waals surface area contributed by atoms with Crippen LogP contribution in [0.4, 0.5) is 10.2 Å². The van der Waals surface area contributed by atoms with Gasteiger partial charge in [-0.05, 0) is 37.5 Å². The number of nitrogens with zero attached hydrogens (tertiary/aromatic N) is 1. The highest BCUT2D eigenvalue weighted by molar-refractivity contribution is 6.33. The van der Waals surface area contributed by atoms with E-state index in [1.54, 1.807) is 12.1 Å². The second-order valence-corrected chi connectivity index (χ2v) is 7.55. The lowest BCUT2D eigenvalue weighted by Crippen LogP contribution is -2.40. The predicted octanol–water partition coefficient (Wildman–Crippen LogP) is 4.18.